The molecule has 0 bridgehead atoms. The summed E-state index contributed by atoms with van der Waals surface area (Å²) in [5.74, 6) is 0.114. The van der Waals surface area contributed by atoms with Gasteiger partial charge >= 0.3 is 5.97 Å². The minimum atomic E-state index is -0.688. The molecule has 1 aliphatic rings. The van der Waals surface area contributed by atoms with Crippen molar-refractivity contribution in [3.05, 3.63) is 29.3 Å². The van der Waals surface area contributed by atoms with Crippen LogP contribution in [-0.4, -0.2) is 42.2 Å². The number of benzene rings is 1. The Morgan fingerprint density at radius 2 is 2.19 bits per heavy atom. The van der Waals surface area contributed by atoms with Gasteiger partial charge in [0.25, 0.3) is 0 Å². The van der Waals surface area contributed by atoms with E-state index in [1.165, 1.54) is 0 Å². The first-order valence-electron chi connectivity index (χ1n) is 7.29. The molecular weight excluding hydrogens is 290 g/mol. The molecule has 0 amide bonds. The number of aliphatic carboxylic acids is 1. The van der Waals surface area contributed by atoms with Crippen LogP contribution in [0.3, 0.4) is 0 Å². The van der Waals surface area contributed by atoms with Crippen LogP contribution < -0.4 is 4.74 Å². The maximum Gasteiger partial charge on any atom is 0.311 e. The fourth-order valence-corrected chi connectivity index (χ4v) is 3.04. The summed E-state index contributed by atoms with van der Waals surface area (Å²) in [7, 11) is 0. The summed E-state index contributed by atoms with van der Waals surface area (Å²) < 4.78 is 5.67. The van der Waals surface area contributed by atoms with Crippen LogP contribution in [0.4, 0.5) is 0 Å². The molecule has 116 valence electrons. The summed E-state index contributed by atoms with van der Waals surface area (Å²) in [5, 5.41) is 10.1. The van der Waals surface area contributed by atoms with E-state index in [1.807, 2.05) is 32.0 Å². The number of likely N-dealkylation sites (tertiary alicyclic amines) is 1. The third kappa shape index (κ3) is 3.50. The zero-order valence-corrected chi connectivity index (χ0v) is 13.3. The van der Waals surface area contributed by atoms with Crippen molar-refractivity contribution in [1.82, 2.24) is 4.90 Å². The van der Waals surface area contributed by atoms with Crippen LogP contribution in [0.5, 0.6) is 5.75 Å². The molecule has 1 unspecified atom stereocenters. The van der Waals surface area contributed by atoms with Gasteiger partial charge in [-0.2, -0.15) is 0 Å². The summed E-state index contributed by atoms with van der Waals surface area (Å²) in [5.41, 5.74) is -0.621. The van der Waals surface area contributed by atoms with Gasteiger partial charge in [-0.05, 0) is 31.0 Å². The Bertz CT molecular complexity index is 506. The van der Waals surface area contributed by atoms with E-state index in [9.17, 15) is 9.90 Å². The highest BCUT2D eigenvalue weighted by Gasteiger charge is 2.46. The van der Waals surface area contributed by atoms with E-state index in [0.717, 1.165) is 6.54 Å². The SMILES string of the molecule is CC(C)C1(C(=O)O)CCN(CCOc2ccccc2Cl)C1. The quantitative estimate of drug-likeness (QED) is 0.877. The lowest BCUT2D eigenvalue weighted by molar-refractivity contribution is -0.151. The predicted molar refractivity (Wildman–Crippen MR) is 82.9 cm³/mol. The summed E-state index contributed by atoms with van der Waals surface area (Å²) in [6.07, 6.45) is 0.700. The van der Waals surface area contributed by atoms with Gasteiger partial charge in [-0.15, -0.1) is 0 Å². The molecule has 1 N–H and O–H groups in total. The Balaban J connectivity index is 1.86. The Labute approximate surface area is 130 Å². The van der Waals surface area contributed by atoms with Gasteiger partial charge in [-0.3, -0.25) is 9.69 Å². The second kappa shape index (κ2) is 6.67. The Morgan fingerprint density at radius 1 is 1.48 bits per heavy atom. The lowest BCUT2D eigenvalue weighted by Crippen LogP contribution is -2.39. The Hall–Kier alpha value is -1.26. The molecule has 0 aromatic heterocycles. The second-order valence-corrected chi connectivity index (χ2v) is 6.33. The highest BCUT2D eigenvalue weighted by molar-refractivity contribution is 6.32. The van der Waals surface area contributed by atoms with Crippen LogP contribution in [0.1, 0.15) is 20.3 Å². The largest absolute Gasteiger partial charge is 0.491 e. The molecule has 21 heavy (non-hydrogen) atoms. The first kappa shape index (κ1) is 16.1. The maximum atomic E-state index is 11.6. The smallest absolute Gasteiger partial charge is 0.311 e. The number of carboxylic acid groups (broad SMARTS) is 1. The molecule has 1 atom stereocenters. The predicted octanol–water partition coefficient (Wildman–Crippen LogP) is 3.15. The normalized spacial score (nSPS) is 22.7. The molecule has 5 heteroatoms. The van der Waals surface area contributed by atoms with E-state index >= 15 is 0 Å². The molecule has 2 rings (SSSR count). The van der Waals surface area contributed by atoms with Crippen molar-refractivity contribution in [2.24, 2.45) is 11.3 Å². The van der Waals surface area contributed by atoms with Crippen LogP contribution in [0.2, 0.25) is 5.02 Å². The highest BCUT2D eigenvalue weighted by atomic mass is 35.5. The standard InChI is InChI=1S/C16H22ClNO3/c1-12(2)16(15(19)20)7-8-18(11-16)9-10-21-14-6-4-3-5-13(14)17/h3-6,12H,7-11H2,1-2H3,(H,19,20). The first-order valence-corrected chi connectivity index (χ1v) is 7.66. The van der Waals surface area contributed by atoms with Gasteiger partial charge in [0, 0.05) is 13.1 Å². The van der Waals surface area contributed by atoms with E-state index in [0.29, 0.717) is 36.9 Å². The summed E-state index contributed by atoms with van der Waals surface area (Å²) in [6.45, 7) is 6.59. The highest BCUT2D eigenvalue weighted by Crippen LogP contribution is 2.38. The molecule has 0 saturated carbocycles. The fraction of sp³-hybridized carbons (Fsp3) is 0.562. The molecule has 1 aromatic carbocycles. The summed E-state index contributed by atoms with van der Waals surface area (Å²) >= 11 is 6.03. The zero-order chi connectivity index (χ0) is 15.5. The topological polar surface area (TPSA) is 49.8 Å². The number of hydrogen-bond acceptors (Lipinski definition) is 3. The number of hydrogen-bond donors (Lipinski definition) is 1. The number of rotatable bonds is 6. The van der Waals surface area contributed by atoms with Crippen molar-refractivity contribution in [3.63, 3.8) is 0 Å². The average Bonchev–Trinajstić information content (AvgIpc) is 2.87. The minimum Gasteiger partial charge on any atom is -0.491 e. The zero-order valence-electron chi connectivity index (χ0n) is 12.5. The maximum absolute atomic E-state index is 11.6. The number of halogens is 1. The number of carbonyl (C=O) groups is 1. The third-order valence-corrected chi connectivity index (χ3v) is 4.72. The van der Waals surface area contributed by atoms with Gasteiger partial charge < -0.3 is 9.84 Å². The van der Waals surface area contributed by atoms with Crippen molar-refractivity contribution < 1.29 is 14.6 Å². The van der Waals surface area contributed by atoms with Gasteiger partial charge in [0.1, 0.15) is 12.4 Å². The number of para-hydroxylation sites is 1. The van der Waals surface area contributed by atoms with Gasteiger partial charge in [-0.1, -0.05) is 37.6 Å². The fourth-order valence-electron chi connectivity index (χ4n) is 2.84. The lowest BCUT2D eigenvalue weighted by atomic mass is 9.76. The molecule has 1 fully saturated rings. The van der Waals surface area contributed by atoms with E-state index in [4.69, 9.17) is 16.3 Å². The first-order chi connectivity index (χ1) is 9.95. The molecule has 0 aliphatic carbocycles. The van der Waals surface area contributed by atoms with Crippen molar-refractivity contribution in [2.45, 2.75) is 20.3 Å². The summed E-state index contributed by atoms with van der Waals surface area (Å²) in [4.78, 5) is 13.7. The minimum absolute atomic E-state index is 0.129. The van der Waals surface area contributed by atoms with Crippen molar-refractivity contribution in [3.8, 4) is 5.75 Å². The Kier molecular flexibility index (Phi) is 5.12. The van der Waals surface area contributed by atoms with Crippen molar-refractivity contribution in [1.29, 1.82) is 0 Å². The van der Waals surface area contributed by atoms with Gasteiger partial charge in [-0.25, -0.2) is 0 Å². The summed E-state index contributed by atoms with van der Waals surface area (Å²) in [6, 6.07) is 7.37. The molecular formula is C16H22ClNO3. The monoisotopic (exact) mass is 311 g/mol. The van der Waals surface area contributed by atoms with E-state index in [1.54, 1.807) is 6.07 Å². The third-order valence-electron chi connectivity index (χ3n) is 4.41. The lowest BCUT2D eigenvalue weighted by Gasteiger charge is -2.28. The molecule has 0 spiro atoms. The average molecular weight is 312 g/mol. The van der Waals surface area contributed by atoms with Gasteiger partial charge in [0.05, 0.1) is 10.4 Å². The molecule has 1 aliphatic heterocycles. The van der Waals surface area contributed by atoms with Crippen molar-refractivity contribution >= 4 is 17.6 Å². The second-order valence-electron chi connectivity index (χ2n) is 5.92. The van der Waals surface area contributed by atoms with E-state index in [2.05, 4.69) is 4.90 Å². The van der Waals surface area contributed by atoms with Crippen LogP contribution in [-0.2, 0) is 4.79 Å². The molecule has 4 nitrogen and oxygen atoms in total. The molecule has 1 aromatic rings. The van der Waals surface area contributed by atoms with Gasteiger partial charge in [0.2, 0.25) is 0 Å². The van der Waals surface area contributed by atoms with Gasteiger partial charge in [0.15, 0.2) is 0 Å². The van der Waals surface area contributed by atoms with Crippen LogP contribution >= 0.6 is 11.6 Å². The number of carboxylic acids is 1. The van der Waals surface area contributed by atoms with Crippen LogP contribution in [0.15, 0.2) is 24.3 Å². The Morgan fingerprint density at radius 3 is 2.76 bits per heavy atom. The molecule has 1 heterocycles. The van der Waals surface area contributed by atoms with Crippen LogP contribution in [0, 0.1) is 11.3 Å². The van der Waals surface area contributed by atoms with E-state index in [-0.39, 0.29) is 5.92 Å². The molecule has 1 saturated heterocycles. The van der Waals surface area contributed by atoms with E-state index < -0.39 is 11.4 Å². The number of nitrogens with zero attached hydrogens (tertiary/aromatic N) is 1. The van der Waals surface area contributed by atoms with Crippen molar-refractivity contribution in [2.75, 3.05) is 26.2 Å². The molecule has 0 radical (unpaired) electrons. The number of ether oxygens (including phenoxy) is 1. The van der Waals surface area contributed by atoms with Crippen LogP contribution in [0.25, 0.3) is 0 Å².